The molecule has 21 heavy (non-hydrogen) atoms. The summed E-state index contributed by atoms with van der Waals surface area (Å²) in [6.07, 6.45) is 7.33. The molecule has 2 N–H and O–H groups in total. The van der Waals surface area contributed by atoms with Crippen molar-refractivity contribution in [3.05, 3.63) is 22.2 Å². The van der Waals surface area contributed by atoms with Gasteiger partial charge in [-0.2, -0.15) is 0 Å². The molecule has 1 rings (SSSR count). The van der Waals surface area contributed by atoms with Crippen LogP contribution in [0, 0.1) is 10.1 Å². The molecule has 6 nitrogen and oxygen atoms in total. The Hall–Kier alpha value is -1.85. The molecule has 0 saturated carbocycles. The summed E-state index contributed by atoms with van der Waals surface area (Å²) in [5, 5.41) is 17.1. The van der Waals surface area contributed by atoms with Gasteiger partial charge >= 0.3 is 0 Å². The Balaban J connectivity index is 2.44. The van der Waals surface area contributed by atoms with Crippen LogP contribution in [0.1, 0.15) is 52.4 Å². The molecule has 0 fully saturated rings. The molecule has 0 bridgehead atoms. The molecule has 0 aliphatic rings. The monoisotopic (exact) mass is 294 g/mol. The normalized spacial score (nSPS) is 10.4. The summed E-state index contributed by atoms with van der Waals surface area (Å²) in [7, 11) is 0. The van der Waals surface area contributed by atoms with Crippen molar-refractivity contribution in [2.75, 3.05) is 23.7 Å². The van der Waals surface area contributed by atoms with Gasteiger partial charge in [-0.3, -0.25) is 10.1 Å². The molecule has 0 unspecified atom stereocenters. The summed E-state index contributed by atoms with van der Waals surface area (Å²) in [5.41, 5.74) is 0.0615. The molecular formula is C15H26N4O2. The number of pyridine rings is 1. The Bertz CT molecular complexity index is 438. The van der Waals surface area contributed by atoms with Crippen molar-refractivity contribution in [3.8, 4) is 0 Å². The quantitative estimate of drug-likeness (QED) is 0.363. The molecule has 0 radical (unpaired) electrons. The minimum atomic E-state index is -0.390. The van der Waals surface area contributed by atoms with E-state index in [0.717, 1.165) is 13.0 Å². The van der Waals surface area contributed by atoms with Crippen LogP contribution in [0.25, 0.3) is 0 Å². The van der Waals surface area contributed by atoms with Gasteiger partial charge in [0.1, 0.15) is 11.6 Å². The van der Waals surface area contributed by atoms with E-state index >= 15 is 0 Å². The van der Waals surface area contributed by atoms with Crippen molar-refractivity contribution in [2.45, 2.75) is 52.4 Å². The SMILES string of the molecule is CCCCCCCCNc1cc([N+](=O)[O-])cc(NCC)n1. The largest absolute Gasteiger partial charge is 0.370 e. The van der Waals surface area contributed by atoms with Crippen LogP contribution >= 0.6 is 0 Å². The van der Waals surface area contributed by atoms with E-state index in [1.54, 1.807) is 0 Å². The maximum absolute atomic E-state index is 10.9. The van der Waals surface area contributed by atoms with E-state index in [9.17, 15) is 10.1 Å². The van der Waals surface area contributed by atoms with E-state index in [0.29, 0.717) is 18.2 Å². The summed E-state index contributed by atoms with van der Waals surface area (Å²) in [6.45, 7) is 5.62. The molecular weight excluding hydrogens is 268 g/mol. The van der Waals surface area contributed by atoms with Crippen LogP contribution in [0.15, 0.2) is 12.1 Å². The van der Waals surface area contributed by atoms with Crippen molar-refractivity contribution in [1.82, 2.24) is 4.98 Å². The van der Waals surface area contributed by atoms with Crippen molar-refractivity contribution < 1.29 is 4.92 Å². The molecule has 0 saturated heterocycles. The fourth-order valence-electron chi connectivity index (χ4n) is 2.11. The second-order valence-electron chi connectivity index (χ2n) is 5.08. The Morgan fingerprint density at radius 2 is 1.67 bits per heavy atom. The van der Waals surface area contributed by atoms with Gasteiger partial charge in [0.2, 0.25) is 0 Å². The van der Waals surface area contributed by atoms with E-state index in [4.69, 9.17) is 0 Å². The van der Waals surface area contributed by atoms with Crippen molar-refractivity contribution in [2.24, 2.45) is 0 Å². The summed E-state index contributed by atoms with van der Waals surface area (Å²) in [4.78, 5) is 14.8. The van der Waals surface area contributed by atoms with Crippen molar-refractivity contribution in [3.63, 3.8) is 0 Å². The molecule has 1 aromatic heterocycles. The Morgan fingerprint density at radius 1 is 1.05 bits per heavy atom. The van der Waals surface area contributed by atoms with E-state index in [2.05, 4.69) is 22.5 Å². The van der Waals surface area contributed by atoms with Crippen molar-refractivity contribution >= 4 is 17.3 Å². The first-order valence-corrected chi connectivity index (χ1v) is 7.81. The van der Waals surface area contributed by atoms with Crippen LogP contribution in [0.2, 0.25) is 0 Å². The van der Waals surface area contributed by atoms with Gasteiger partial charge in [0, 0.05) is 13.1 Å². The van der Waals surface area contributed by atoms with E-state index in [1.807, 2.05) is 6.92 Å². The van der Waals surface area contributed by atoms with E-state index in [-0.39, 0.29) is 5.69 Å². The minimum Gasteiger partial charge on any atom is -0.370 e. The molecule has 6 heteroatoms. The first-order valence-electron chi connectivity index (χ1n) is 7.81. The van der Waals surface area contributed by atoms with Crippen LogP contribution in [-0.4, -0.2) is 23.0 Å². The number of aromatic nitrogens is 1. The molecule has 0 aliphatic carbocycles. The van der Waals surface area contributed by atoms with Crippen LogP contribution in [0.5, 0.6) is 0 Å². The Kier molecular flexibility index (Phi) is 8.16. The first kappa shape index (κ1) is 17.2. The number of unbranched alkanes of at least 4 members (excludes halogenated alkanes) is 5. The third-order valence-corrected chi connectivity index (χ3v) is 3.22. The summed E-state index contributed by atoms with van der Waals surface area (Å²) >= 11 is 0. The minimum absolute atomic E-state index is 0.0615. The Labute approximate surface area is 126 Å². The van der Waals surface area contributed by atoms with Crippen LogP contribution in [0.3, 0.4) is 0 Å². The van der Waals surface area contributed by atoms with E-state index < -0.39 is 4.92 Å². The highest BCUT2D eigenvalue weighted by Crippen LogP contribution is 2.20. The molecule has 1 heterocycles. The standard InChI is InChI=1S/C15H26N4O2/c1-3-5-6-7-8-9-10-17-15-12-13(19(20)21)11-14(18-15)16-4-2/h11-12H,3-10H2,1-2H3,(H2,16,17,18). The average molecular weight is 294 g/mol. The summed E-state index contributed by atoms with van der Waals surface area (Å²) in [6, 6.07) is 2.94. The van der Waals surface area contributed by atoms with Gasteiger partial charge in [-0.05, 0) is 13.3 Å². The summed E-state index contributed by atoms with van der Waals surface area (Å²) in [5.74, 6) is 1.10. The van der Waals surface area contributed by atoms with E-state index in [1.165, 1.54) is 44.2 Å². The number of anilines is 2. The highest BCUT2D eigenvalue weighted by atomic mass is 16.6. The molecule has 0 atom stereocenters. The zero-order chi connectivity index (χ0) is 15.5. The number of rotatable bonds is 11. The number of hydrogen-bond acceptors (Lipinski definition) is 5. The lowest BCUT2D eigenvalue weighted by atomic mass is 10.1. The van der Waals surface area contributed by atoms with Crippen LogP contribution in [0.4, 0.5) is 17.3 Å². The predicted molar refractivity (Wildman–Crippen MR) is 86.9 cm³/mol. The maximum Gasteiger partial charge on any atom is 0.276 e. The van der Waals surface area contributed by atoms with Gasteiger partial charge in [-0.25, -0.2) is 4.98 Å². The molecule has 0 aromatic carbocycles. The zero-order valence-corrected chi connectivity index (χ0v) is 13.0. The lowest BCUT2D eigenvalue weighted by Gasteiger charge is -2.08. The molecule has 0 spiro atoms. The average Bonchev–Trinajstić information content (AvgIpc) is 2.46. The predicted octanol–water partition coefficient (Wildman–Crippen LogP) is 4.19. The lowest BCUT2D eigenvalue weighted by molar-refractivity contribution is -0.384. The molecule has 0 aliphatic heterocycles. The van der Waals surface area contributed by atoms with Gasteiger partial charge in [-0.1, -0.05) is 39.0 Å². The Morgan fingerprint density at radius 3 is 2.29 bits per heavy atom. The van der Waals surface area contributed by atoms with Gasteiger partial charge in [0.05, 0.1) is 17.1 Å². The summed E-state index contributed by atoms with van der Waals surface area (Å²) < 4.78 is 0. The van der Waals surface area contributed by atoms with Gasteiger partial charge in [-0.15, -0.1) is 0 Å². The first-order chi connectivity index (χ1) is 10.2. The van der Waals surface area contributed by atoms with Crippen LogP contribution < -0.4 is 10.6 Å². The number of nitrogens with zero attached hydrogens (tertiary/aromatic N) is 2. The fraction of sp³-hybridized carbons (Fsp3) is 0.667. The number of hydrogen-bond donors (Lipinski definition) is 2. The second-order valence-corrected chi connectivity index (χ2v) is 5.08. The highest BCUT2D eigenvalue weighted by Gasteiger charge is 2.10. The maximum atomic E-state index is 10.9. The third kappa shape index (κ3) is 6.92. The second kappa shape index (κ2) is 9.96. The fourth-order valence-corrected chi connectivity index (χ4v) is 2.11. The van der Waals surface area contributed by atoms with Gasteiger partial charge in [0.25, 0.3) is 5.69 Å². The smallest absolute Gasteiger partial charge is 0.276 e. The number of nitrogens with one attached hydrogen (secondary N) is 2. The van der Waals surface area contributed by atoms with Crippen LogP contribution in [-0.2, 0) is 0 Å². The molecule has 1 aromatic rings. The lowest BCUT2D eigenvalue weighted by Crippen LogP contribution is -2.07. The molecule has 118 valence electrons. The molecule has 0 amide bonds. The topological polar surface area (TPSA) is 80.1 Å². The van der Waals surface area contributed by atoms with Gasteiger partial charge < -0.3 is 10.6 Å². The van der Waals surface area contributed by atoms with Crippen molar-refractivity contribution in [1.29, 1.82) is 0 Å². The number of nitro groups is 1. The zero-order valence-electron chi connectivity index (χ0n) is 13.0. The third-order valence-electron chi connectivity index (χ3n) is 3.22. The highest BCUT2D eigenvalue weighted by molar-refractivity contribution is 5.54. The van der Waals surface area contributed by atoms with Gasteiger partial charge in [0.15, 0.2) is 0 Å².